The molecule has 4 nitrogen and oxygen atoms in total. The van der Waals surface area contributed by atoms with E-state index >= 15 is 0 Å². The third-order valence-corrected chi connectivity index (χ3v) is 6.67. The number of hydrogen-bond donors (Lipinski definition) is 0. The molecule has 30 heavy (non-hydrogen) atoms. The number of hydrogen-bond acceptors (Lipinski definition) is 2. The fourth-order valence-corrected chi connectivity index (χ4v) is 4.90. The highest BCUT2D eigenvalue weighted by molar-refractivity contribution is 6.30. The van der Waals surface area contributed by atoms with Gasteiger partial charge in [0.2, 0.25) is 5.91 Å². The molecular weight excluding hydrogens is 396 g/mol. The second-order valence-corrected chi connectivity index (χ2v) is 8.89. The molecule has 0 N–H and O–H groups in total. The second-order valence-electron chi connectivity index (χ2n) is 8.45. The molecule has 2 aliphatic rings. The third-order valence-electron chi connectivity index (χ3n) is 6.42. The van der Waals surface area contributed by atoms with Crippen LogP contribution in [-0.4, -0.2) is 47.3 Å². The van der Waals surface area contributed by atoms with Gasteiger partial charge in [-0.25, -0.2) is 0 Å². The molecule has 0 aliphatic carbocycles. The van der Waals surface area contributed by atoms with Gasteiger partial charge in [0.05, 0.1) is 5.92 Å². The average molecular weight is 425 g/mol. The van der Waals surface area contributed by atoms with E-state index in [2.05, 4.69) is 29.2 Å². The highest BCUT2D eigenvalue weighted by atomic mass is 35.5. The molecule has 2 fully saturated rings. The Balaban J connectivity index is 1.37. The molecular formula is C25H29ClN2O2. The first-order chi connectivity index (χ1) is 14.6. The SMILES string of the molecule is O=C(c1ccc(Cl)cc1)N1CCCC(C(=O)N2CCCC2CCc2ccccc2)C1. The Morgan fingerprint density at radius 1 is 0.933 bits per heavy atom. The molecule has 4 rings (SSSR count). The van der Waals surface area contributed by atoms with E-state index in [4.69, 9.17) is 11.6 Å². The van der Waals surface area contributed by atoms with Crippen molar-refractivity contribution in [3.05, 3.63) is 70.7 Å². The lowest BCUT2D eigenvalue weighted by Gasteiger charge is -2.35. The molecule has 0 aromatic heterocycles. The summed E-state index contributed by atoms with van der Waals surface area (Å²) in [7, 11) is 0. The van der Waals surface area contributed by atoms with Crippen molar-refractivity contribution in [3.8, 4) is 0 Å². The summed E-state index contributed by atoms with van der Waals surface area (Å²) in [5.41, 5.74) is 1.96. The predicted octanol–water partition coefficient (Wildman–Crippen LogP) is 4.82. The molecule has 0 radical (unpaired) electrons. The van der Waals surface area contributed by atoms with Crippen LogP contribution in [0.2, 0.25) is 5.02 Å². The number of carbonyl (C=O) groups is 2. The molecule has 158 valence electrons. The summed E-state index contributed by atoms with van der Waals surface area (Å²) in [5, 5.41) is 0.619. The van der Waals surface area contributed by atoms with Crippen molar-refractivity contribution in [2.24, 2.45) is 5.92 Å². The minimum atomic E-state index is -0.0904. The Bertz CT molecular complexity index is 868. The van der Waals surface area contributed by atoms with Gasteiger partial charge in [-0.1, -0.05) is 41.9 Å². The highest BCUT2D eigenvalue weighted by Crippen LogP contribution is 2.27. The molecule has 2 atom stereocenters. The third kappa shape index (κ3) is 4.86. The van der Waals surface area contributed by atoms with E-state index in [0.717, 1.165) is 45.1 Å². The Labute approximate surface area is 183 Å². The molecule has 0 spiro atoms. The van der Waals surface area contributed by atoms with E-state index in [1.807, 2.05) is 11.0 Å². The minimum Gasteiger partial charge on any atom is -0.339 e. The number of benzene rings is 2. The molecule has 2 aromatic carbocycles. The van der Waals surface area contributed by atoms with Gasteiger partial charge in [-0.05, 0) is 68.4 Å². The monoisotopic (exact) mass is 424 g/mol. The number of nitrogens with zero attached hydrogens (tertiary/aromatic N) is 2. The van der Waals surface area contributed by atoms with Gasteiger partial charge in [0, 0.05) is 36.3 Å². The summed E-state index contributed by atoms with van der Waals surface area (Å²) in [4.78, 5) is 30.2. The van der Waals surface area contributed by atoms with Crippen LogP contribution >= 0.6 is 11.6 Å². The van der Waals surface area contributed by atoms with Crippen LogP contribution in [0.15, 0.2) is 54.6 Å². The Morgan fingerprint density at radius 3 is 2.43 bits per heavy atom. The van der Waals surface area contributed by atoms with Crippen LogP contribution in [0.25, 0.3) is 0 Å². The summed E-state index contributed by atoms with van der Waals surface area (Å²) in [5.74, 6) is 0.137. The van der Waals surface area contributed by atoms with Crippen molar-refractivity contribution in [2.45, 2.75) is 44.6 Å². The Hall–Kier alpha value is -2.33. The van der Waals surface area contributed by atoms with Crippen LogP contribution in [0.5, 0.6) is 0 Å². The van der Waals surface area contributed by atoms with Crippen LogP contribution in [0.3, 0.4) is 0 Å². The van der Waals surface area contributed by atoms with E-state index in [9.17, 15) is 9.59 Å². The van der Waals surface area contributed by atoms with Gasteiger partial charge in [0.25, 0.3) is 5.91 Å². The number of likely N-dealkylation sites (tertiary alicyclic amines) is 2. The fraction of sp³-hybridized carbons (Fsp3) is 0.440. The zero-order valence-electron chi connectivity index (χ0n) is 17.3. The zero-order valence-corrected chi connectivity index (χ0v) is 18.1. The van der Waals surface area contributed by atoms with Gasteiger partial charge in [-0.3, -0.25) is 9.59 Å². The van der Waals surface area contributed by atoms with Gasteiger partial charge < -0.3 is 9.80 Å². The summed E-state index contributed by atoms with van der Waals surface area (Å²) in [6.07, 6.45) is 5.91. The normalized spacial score (nSPS) is 21.6. The molecule has 2 amide bonds. The maximum atomic E-state index is 13.3. The lowest BCUT2D eigenvalue weighted by atomic mass is 9.95. The number of piperidine rings is 1. The van der Waals surface area contributed by atoms with Gasteiger partial charge in [0.15, 0.2) is 0 Å². The zero-order chi connectivity index (χ0) is 20.9. The standard InChI is InChI=1S/C25H29ClN2O2/c26-22-13-11-20(12-14-22)24(29)27-16-4-8-21(18-27)25(30)28-17-5-9-23(28)15-10-19-6-2-1-3-7-19/h1-3,6-7,11-14,21,23H,4-5,8-10,15-18H2. The predicted molar refractivity (Wildman–Crippen MR) is 120 cm³/mol. The number of amides is 2. The Kier molecular flexibility index (Phi) is 6.73. The molecule has 2 unspecified atom stereocenters. The molecule has 0 bridgehead atoms. The molecule has 5 heteroatoms. The highest BCUT2D eigenvalue weighted by Gasteiger charge is 2.36. The van der Waals surface area contributed by atoms with Gasteiger partial charge >= 0.3 is 0 Å². The van der Waals surface area contributed by atoms with Crippen molar-refractivity contribution in [1.29, 1.82) is 0 Å². The molecule has 0 saturated carbocycles. The average Bonchev–Trinajstić information content (AvgIpc) is 3.26. The van der Waals surface area contributed by atoms with E-state index in [-0.39, 0.29) is 17.7 Å². The van der Waals surface area contributed by atoms with Gasteiger partial charge in [0.1, 0.15) is 0 Å². The largest absolute Gasteiger partial charge is 0.339 e. The molecule has 2 aliphatic heterocycles. The van der Waals surface area contributed by atoms with Crippen LogP contribution in [-0.2, 0) is 11.2 Å². The van der Waals surface area contributed by atoms with E-state index in [1.165, 1.54) is 5.56 Å². The maximum absolute atomic E-state index is 13.3. The van der Waals surface area contributed by atoms with Crippen LogP contribution < -0.4 is 0 Å². The van der Waals surface area contributed by atoms with E-state index in [0.29, 0.717) is 29.7 Å². The molecule has 2 aromatic rings. The first kappa shape index (κ1) is 20.9. The smallest absolute Gasteiger partial charge is 0.253 e. The van der Waals surface area contributed by atoms with Crippen molar-refractivity contribution in [3.63, 3.8) is 0 Å². The number of rotatable bonds is 5. The van der Waals surface area contributed by atoms with Crippen molar-refractivity contribution in [2.75, 3.05) is 19.6 Å². The maximum Gasteiger partial charge on any atom is 0.253 e. The van der Waals surface area contributed by atoms with Crippen molar-refractivity contribution >= 4 is 23.4 Å². The summed E-state index contributed by atoms with van der Waals surface area (Å²) >= 11 is 5.94. The number of aryl methyl sites for hydroxylation is 1. The lowest BCUT2D eigenvalue weighted by molar-refractivity contribution is -0.137. The minimum absolute atomic E-state index is 0.00813. The van der Waals surface area contributed by atoms with E-state index < -0.39 is 0 Å². The van der Waals surface area contributed by atoms with Gasteiger partial charge in [-0.2, -0.15) is 0 Å². The first-order valence-electron chi connectivity index (χ1n) is 11.0. The number of carbonyl (C=O) groups excluding carboxylic acids is 2. The number of halogens is 1. The summed E-state index contributed by atoms with van der Waals surface area (Å²) in [6.45, 7) is 2.07. The summed E-state index contributed by atoms with van der Waals surface area (Å²) in [6, 6.07) is 17.8. The topological polar surface area (TPSA) is 40.6 Å². The van der Waals surface area contributed by atoms with Crippen molar-refractivity contribution in [1.82, 2.24) is 9.80 Å². The lowest BCUT2D eigenvalue weighted by Crippen LogP contribution is -2.48. The van der Waals surface area contributed by atoms with Crippen molar-refractivity contribution < 1.29 is 9.59 Å². The molecule has 2 saturated heterocycles. The van der Waals surface area contributed by atoms with Crippen LogP contribution in [0, 0.1) is 5.92 Å². The van der Waals surface area contributed by atoms with Crippen LogP contribution in [0.1, 0.15) is 48.0 Å². The van der Waals surface area contributed by atoms with Crippen LogP contribution in [0.4, 0.5) is 0 Å². The summed E-state index contributed by atoms with van der Waals surface area (Å²) < 4.78 is 0. The first-order valence-corrected chi connectivity index (χ1v) is 11.4. The second kappa shape index (κ2) is 9.65. The Morgan fingerprint density at radius 2 is 1.67 bits per heavy atom. The fourth-order valence-electron chi connectivity index (χ4n) is 4.78. The van der Waals surface area contributed by atoms with Gasteiger partial charge in [-0.15, -0.1) is 0 Å². The molecule has 2 heterocycles. The van der Waals surface area contributed by atoms with E-state index in [1.54, 1.807) is 24.3 Å². The quantitative estimate of drug-likeness (QED) is 0.690.